The van der Waals surface area contributed by atoms with Crippen molar-refractivity contribution in [3.05, 3.63) is 54.1 Å². The number of carboxylic acid groups (broad SMARTS) is 2. The number of hydrogen-bond acceptors (Lipinski definition) is 4. The third kappa shape index (κ3) is 5.08. The Bertz CT molecular complexity index is 761. The van der Waals surface area contributed by atoms with Gasteiger partial charge in [0.2, 0.25) is 0 Å². The van der Waals surface area contributed by atoms with Gasteiger partial charge in [0.1, 0.15) is 5.75 Å². The topological polar surface area (TPSA) is 108 Å². The molecule has 0 bridgehead atoms. The highest BCUT2D eigenvalue weighted by atomic mass is 16.5. The molecule has 0 aliphatic rings. The van der Waals surface area contributed by atoms with Crippen molar-refractivity contribution in [2.24, 2.45) is 5.92 Å². The molecule has 6 nitrogen and oxygen atoms in total. The van der Waals surface area contributed by atoms with Crippen LogP contribution in [0.5, 0.6) is 5.75 Å². The van der Waals surface area contributed by atoms with Gasteiger partial charge >= 0.3 is 11.9 Å². The van der Waals surface area contributed by atoms with Crippen LogP contribution in [-0.2, 0) is 9.59 Å². The van der Waals surface area contributed by atoms with Crippen LogP contribution in [0.1, 0.15) is 18.4 Å². The number of hydrogen-bond donors (Lipinski definition) is 2. The lowest BCUT2D eigenvalue weighted by Crippen LogP contribution is -2.23. The minimum atomic E-state index is -1.40. The minimum Gasteiger partial charge on any atom is -0.494 e. The van der Waals surface area contributed by atoms with E-state index >= 15 is 0 Å². The molecule has 128 valence electrons. The fourth-order valence-electron chi connectivity index (χ4n) is 2.31. The molecular formula is C19H17NO5. The zero-order valence-electron chi connectivity index (χ0n) is 13.4. The molecule has 0 aromatic heterocycles. The van der Waals surface area contributed by atoms with E-state index in [-0.39, 0.29) is 13.0 Å². The molecule has 0 aliphatic carbocycles. The van der Waals surface area contributed by atoms with Crippen LogP contribution in [0.25, 0.3) is 11.1 Å². The third-order valence-corrected chi connectivity index (χ3v) is 3.70. The highest BCUT2D eigenvalue weighted by Crippen LogP contribution is 2.23. The number of nitriles is 1. The van der Waals surface area contributed by atoms with E-state index in [1.165, 1.54) is 0 Å². The Hall–Kier alpha value is -3.33. The van der Waals surface area contributed by atoms with E-state index in [9.17, 15) is 9.59 Å². The number of carboxylic acids is 2. The van der Waals surface area contributed by atoms with Crippen LogP contribution in [0.2, 0.25) is 0 Å². The van der Waals surface area contributed by atoms with Gasteiger partial charge in [0.25, 0.3) is 0 Å². The molecule has 6 heteroatoms. The smallest absolute Gasteiger partial charge is 0.317 e. The van der Waals surface area contributed by atoms with Gasteiger partial charge in [-0.05, 0) is 48.2 Å². The second-order valence-electron chi connectivity index (χ2n) is 5.43. The van der Waals surface area contributed by atoms with Crippen molar-refractivity contribution in [3.8, 4) is 22.9 Å². The van der Waals surface area contributed by atoms with Crippen molar-refractivity contribution >= 4 is 11.9 Å². The van der Waals surface area contributed by atoms with Crippen LogP contribution < -0.4 is 4.74 Å². The number of carbonyl (C=O) groups is 2. The maximum absolute atomic E-state index is 10.8. The van der Waals surface area contributed by atoms with Crippen LogP contribution in [0.3, 0.4) is 0 Å². The van der Waals surface area contributed by atoms with E-state index in [0.29, 0.717) is 17.7 Å². The molecule has 2 aromatic carbocycles. The highest BCUT2D eigenvalue weighted by molar-refractivity contribution is 5.92. The number of ether oxygens (including phenoxy) is 1. The van der Waals surface area contributed by atoms with E-state index in [2.05, 4.69) is 6.07 Å². The summed E-state index contributed by atoms with van der Waals surface area (Å²) in [5.41, 5.74) is 2.56. The molecule has 2 N–H and O–H groups in total. The average molecular weight is 339 g/mol. The molecule has 0 saturated heterocycles. The average Bonchev–Trinajstić information content (AvgIpc) is 2.61. The van der Waals surface area contributed by atoms with Crippen LogP contribution >= 0.6 is 0 Å². The Morgan fingerprint density at radius 2 is 1.48 bits per heavy atom. The summed E-state index contributed by atoms with van der Waals surface area (Å²) >= 11 is 0. The SMILES string of the molecule is N#Cc1ccc(-c2ccc(OCCCC(C(=O)O)C(=O)O)cc2)cc1. The van der Waals surface area contributed by atoms with E-state index in [0.717, 1.165) is 11.1 Å². The quantitative estimate of drug-likeness (QED) is 0.565. The van der Waals surface area contributed by atoms with Crippen LogP contribution in [0.15, 0.2) is 48.5 Å². The Balaban J connectivity index is 1.87. The first-order chi connectivity index (χ1) is 12.0. The molecule has 2 rings (SSSR count). The summed E-state index contributed by atoms with van der Waals surface area (Å²) in [4.78, 5) is 21.6. The van der Waals surface area contributed by atoms with Gasteiger partial charge in [-0.3, -0.25) is 9.59 Å². The van der Waals surface area contributed by atoms with E-state index < -0.39 is 17.9 Å². The van der Waals surface area contributed by atoms with Crippen LogP contribution in [-0.4, -0.2) is 28.8 Å². The summed E-state index contributed by atoms with van der Waals surface area (Å²) in [6, 6.07) is 16.7. The zero-order valence-corrected chi connectivity index (χ0v) is 13.4. The van der Waals surface area contributed by atoms with Gasteiger partial charge in [-0.1, -0.05) is 24.3 Å². The van der Waals surface area contributed by atoms with Crippen molar-refractivity contribution in [1.82, 2.24) is 0 Å². The molecule has 0 saturated carbocycles. The summed E-state index contributed by atoms with van der Waals surface area (Å²) in [5, 5.41) is 26.4. The molecule has 0 amide bonds. The van der Waals surface area contributed by atoms with Crippen LogP contribution in [0.4, 0.5) is 0 Å². The molecule has 0 radical (unpaired) electrons. The Labute approximate surface area is 144 Å². The Morgan fingerprint density at radius 1 is 0.960 bits per heavy atom. The maximum Gasteiger partial charge on any atom is 0.317 e. The lowest BCUT2D eigenvalue weighted by Gasteiger charge is -2.09. The van der Waals surface area contributed by atoms with Crippen LogP contribution in [0, 0.1) is 17.2 Å². The van der Waals surface area contributed by atoms with Gasteiger partial charge in [-0.15, -0.1) is 0 Å². The summed E-state index contributed by atoms with van der Waals surface area (Å²) < 4.78 is 5.51. The molecule has 0 spiro atoms. The molecule has 25 heavy (non-hydrogen) atoms. The number of aliphatic carboxylic acids is 2. The summed E-state index contributed by atoms with van der Waals surface area (Å²) in [7, 11) is 0. The summed E-state index contributed by atoms with van der Waals surface area (Å²) in [6.07, 6.45) is 0.356. The first-order valence-electron chi connectivity index (χ1n) is 7.70. The molecule has 2 aromatic rings. The summed E-state index contributed by atoms with van der Waals surface area (Å²) in [6.45, 7) is 0.243. The molecule has 0 aliphatic heterocycles. The van der Waals surface area contributed by atoms with Crippen molar-refractivity contribution < 1.29 is 24.5 Å². The Kier molecular flexibility index (Phi) is 6.13. The first-order valence-corrected chi connectivity index (χ1v) is 7.70. The number of rotatable bonds is 8. The Morgan fingerprint density at radius 3 is 1.96 bits per heavy atom. The normalized spacial score (nSPS) is 10.2. The monoisotopic (exact) mass is 339 g/mol. The van der Waals surface area contributed by atoms with Gasteiger partial charge < -0.3 is 14.9 Å². The second kappa shape index (κ2) is 8.50. The fourth-order valence-corrected chi connectivity index (χ4v) is 2.31. The minimum absolute atomic E-state index is 0.0218. The van der Waals surface area contributed by atoms with Gasteiger partial charge in [0.15, 0.2) is 5.92 Å². The zero-order chi connectivity index (χ0) is 18.2. The molecule has 0 atom stereocenters. The predicted octanol–water partition coefficient (Wildman–Crippen LogP) is 3.17. The molecule has 0 heterocycles. The van der Waals surface area contributed by atoms with E-state index in [4.69, 9.17) is 20.2 Å². The van der Waals surface area contributed by atoms with Gasteiger partial charge in [-0.25, -0.2) is 0 Å². The van der Waals surface area contributed by atoms with Crippen molar-refractivity contribution in [3.63, 3.8) is 0 Å². The maximum atomic E-state index is 10.8. The predicted molar refractivity (Wildman–Crippen MR) is 90.1 cm³/mol. The fraction of sp³-hybridized carbons (Fsp3) is 0.211. The lowest BCUT2D eigenvalue weighted by atomic mass is 10.0. The second-order valence-corrected chi connectivity index (χ2v) is 5.43. The molecule has 0 fully saturated rings. The van der Waals surface area contributed by atoms with E-state index in [1.807, 2.05) is 24.3 Å². The van der Waals surface area contributed by atoms with Gasteiger partial charge in [0.05, 0.1) is 18.2 Å². The lowest BCUT2D eigenvalue weighted by molar-refractivity contribution is -0.154. The number of benzene rings is 2. The van der Waals surface area contributed by atoms with Gasteiger partial charge in [0, 0.05) is 0 Å². The molecular weight excluding hydrogens is 322 g/mol. The van der Waals surface area contributed by atoms with Crippen molar-refractivity contribution in [2.45, 2.75) is 12.8 Å². The summed E-state index contributed by atoms with van der Waals surface area (Å²) in [5.74, 6) is -3.44. The molecule has 0 unspecified atom stereocenters. The third-order valence-electron chi connectivity index (χ3n) is 3.70. The van der Waals surface area contributed by atoms with E-state index in [1.54, 1.807) is 24.3 Å². The van der Waals surface area contributed by atoms with Crippen molar-refractivity contribution in [1.29, 1.82) is 5.26 Å². The first kappa shape index (κ1) is 18.0. The van der Waals surface area contributed by atoms with Crippen molar-refractivity contribution in [2.75, 3.05) is 6.61 Å². The standard InChI is InChI=1S/C19H17NO5/c20-12-13-3-5-14(6-4-13)15-7-9-16(10-8-15)25-11-1-2-17(18(21)22)19(23)24/h3-10,17H,1-2,11H2,(H,21,22)(H,23,24). The largest absolute Gasteiger partial charge is 0.494 e. The number of nitrogens with zero attached hydrogens (tertiary/aromatic N) is 1. The van der Waals surface area contributed by atoms with Gasteiger partial charge in [-0.2, -0.15) is 5.26 Å². The highest BCUT2D eigenvalue weighted by Gasteiger charge is 2.24.